The Balaban J connectivity index is 1.57. The van der Waals surface area contributed by atoms with Gasteiger partial charge in [0.05, 0.1) is 6.42 Å². The Morgan fingerprint density at radius 3 is 2.45 bits per heavy atom. The molecule has 0 unspecified atom stereocenters. The number of carbonyl (C=O) groups is 2. The number of aromatic nitrogens is 2. The number of nitrogens with two attached hydrogens (primary N) is 1. The predicted octanol–water partition coefficient (Wildman–Crippen LogP) is 1.49. The fourth-order valence-corrected chi connectivity index (χ4v) is 4.63. The Hall–Kier alpha value is -2.22. The summed E-state index contributed by atoms with van der Waals surface area (Å²) in [6, 6.07) is 0. The van der Waals surface area contributed by atoms with Crippen LogP contribution >= 0.6 is 0 Å². The Labute approximate surface area is 172 Å². The third-order valence-electron chi connectivity index (χ3n) is 6.47. The summed E-state index contributed by atoms with van der Waals surface area (Å²) in [5.41, 5.74) is 8.25. The number of nitrogen functional groups attached to an aromatic ring is 1. The van der Waals surface area contributed by atoms with Crippen LogP contribution in [0.5, 0.6) is 0 Å². The van der Waals surface area contributed by atoms with Crippen LogP contribution in [0.3, 0.4) is 0 Å². The maximum atomic E-state index is 12.9. The second-order valence-corrected chi connectivity index (χ2v) is 8.45. The molecule has 2 aliphatic heterocycles. The zero-order valence-corrected chi connectivity index (χ0v) is 17.9. The number of anilines is 1. The van der Waals surface area contributed by atoms with Crippen LogP contribution in [0.1, 0.15) is 49.1 Å². The molecule has 2 saturated heterocycles. The minimum Gasteiger partial charge on any atom is -0.385 e. The SMILES string of the molecule is COCCCN1CC2(CCC1=O)CCN(C(=O)Cc1c(C)nc(N)nc1C)CC2. The summed E-state index contributed by atoms with van der Waals surface area (Å²) in [4.78, 5) is 37.5. The minimum atomic E-state index is 0.114. The van der Waals surface area contributed by atoms with E-state index in [9.17, 15) is 9.59 Å². The maximum absolute atomic E-state index is 12.9. The number of methoxy groups -OCH3 is 1. The molecule has 0 aliphatic carbocycles. The normalized spacial score (nSPS) is 19.1. The van der Waals surface area contributed by atoms with E-state index in [-0.39, 0.29) is 23.2 Å². The summed E-state index contributed by atoms with van der Waals surface area (Å²) < 4.78 is 5.12. The van der Waals surface area contributed by atoms with Crippen molar-refractivity contribution in [2.75, 3.05) is 45.6 Å². The van der Waals surface area contributed by atoms with Crippen molar-refractivity contribution in [2.45, 2.75) is 52.4 Å². The first-order valence-corrected chi connectivity index (χ1v) is 10.5. The van der Waals surface area contributed by atoms with Crippen molar-refractivity contribution >= 4 is 17.8 Å². The van der Waals surface area contributed by atoms with Crippen LogP contribution in [-0.2, 0) is 20.7 Å². The molecule has 8 nitrogen and oxygen atoms in total. The Kier molecular flexibility index (Phi) is 6.72. The standard InChI is InChI=1S/C21H33N5O3/c1-15-17(16(2)24-20(22)23-15)13-19(28)25-10-7-21(8-11-25)6-5-18(27)26(14-21)9-4-12-29-3/h4-14H2,1-3H3,(H2,22,23,24). The van der Waals surface area contributed by atoms with Gasteiger partial charge in [-0.2, -0.15) is 0 Å². The Bertz CT molecular complexity index is 736. The molecule has 0 atom stereocenters. The van der Waals surface area contributed by atoms with Crippen molar-refractivity contribution in [3.05, 3.63) is 17.0 Å². The number of nitrogens with zero attached hydrogens (tertiary/aromatic N) is 4. The number of carbonyl (C=O) groups excluding carboxylic acids is 2. The highest BCUT2D eigenvalue weighted by Gasteiger charge is 2.41. The van der Waals surface area contributed by atoms with Gasteiger partial charge in [0.15, 0.2) is 0 Å². The van der Waals surface area contributed by atoms with Crippen molar-refractivity contribution in [1.82, 2.24) is 19.8 Å². The third kappa shape index (κ3) is 5.04. The smallest absolute Gasteiger partial charge is 0.227 e. The Morgan fingerprint density at radius 2 is 1.83 bits per heavy atom. The average Bonchev–Trinajstić information content (AvgIpc) is 2.68. The summed E-state index contributed by atoms with van der Waals surface area (Å²) in [6.07, 6.45) is 4.62. The lowest BCUT2D eigenvalue weighted by Crippen LogP contribution is -2.52. The maximum Gasteiger partial charge on any atom is 0.227 e. The molecule has 0 bridgehead atoms. The molecule has 160 valence electrons. The summed E-state index contributed by atoms with van der Waals surface area (Å²) in [7, 11) is 1.69. The number of likely N-dealkylation sites (tertiary alicyclic amines) is 2. The molecule has 2 fully saturated rings. The largest absolute Gasteiger partial charge is 0.385 e. The van der Waals surface area contributed by atoms with Crippen LogP contribution in [0.4, 0.5) is 5.95 Å². The van der Waals surface area contributed by atoms with Gasteiger partial charge in [0.2, 0.25) is 17.8 Å². The van der Waals surface area contributed by atoms with E-state index in [1.807, 2.05) is 23.6 Å². The highest BCUT2D eigenvalue weighted by Crippen LogP contribution is 2.40. The highest BCUT2D eigenvalue weighted by atomic mass is 16.5. The van der Waals surface area contributed by atoms with Crippen molar-refractivity contribution in [3.8, 4) is 0 Å². The van der Waals surface area contributed by atoms with Gasteiger partial charge in [-0.15, -0.1) is 0 Å². The summed E-state index contributed by atoms with van der Waals surface area (Å²) in [6.45, 7) is 7.47. The van der Waals surface area contributed by atoms with Crippen LogP contribution in [0, 0.1) is 19.3 Å². The van der Waals surface area contributed by atoms with Gasteiger partial charge in [0.1, 0.15) is 0 Å². The fraction of sp³-hybridized carbons (Fsp3) is 0.714. The van der Waals surface area contributed by atoms with Crippen LogP contribution in [0.2, 0.25) is 0 Å². The van der Waals surface area contributed by atoms with Gasteiger partial charge in [0, 0.05) is 63.3 Å². The highest BCUT2D eigenvalue weighted by molar-refractivity contribution is 5.79. The number of rotatable bonds is 6. The average molecular weight is 404 g/mol. The fourth-order valence-electron chi connectivity index (χ4n) is 4.63. The van der Waals surface area contributed by atoms with E-state index >= 15 is 0 Å². The number of amides is 2. The lowest BCUT2D eigenvalue weighted by atomic mass is 9.72. The summed E-state index contributed by atoms with van der Waals surface area (Å²) in [5.74, 6) is 0.612. The second-order valence-electron chi connectivity index (χ2n) is 8.45. The second kappa shape index (κ2) is 9.07. The van der Waals surface area contributed by atoms with Crippen molar-refractivity contribution in [2.24, 2.45) is 5.41 Å². The first-order valence-electron chi connectivity index (χ1n) is 10.5. The number of aryl methyl sites for hydroxylation is 2. The van der Waals surface area contributed by atoms with Crippen molar-refractivity contribution < 1.29 is 14.3 Å². The van der Waals surface area contributed by atoms with Crippen molar-refractivity contribution in [1.29, 1.82) is 0 Å². The Morgan fingerprint density at radius 1 is 1.17 bits per heavy atom. The van der Waals surface area contributed by atoms with Gasteiger partial charge in [-0.25, -0.2) is 9.97 Å². The number of piperidine rings is 2. The molecule has 1 aromatic rings. The minimum absolute atomic E-state index is 0.114. The molecule has 1 spiro atoms. The molecule has 2 aliphatic rings. The van der Waals surface area contributed by atoms with E-state index in [2.05, 4.69) is 9.97 Å². The zero-order valence-electron chi connectivity index (χ0n) is 17.9. The van der Waals surface area contributed by atoms with Crippen LogP contribution in [0.15, 0.2) is 0 Å². The summed E-state index contributed by atoms with van der Waals surface area (Å²) in [5, 5.41) is 0. The van der Waals surface area contributed by atoms with Gasteiger partial charge in [0.25, 0.3) is 0 Å². The lowest BCUT2D eigenvalue weighted by Gasteiger charge is -2.47. The molecule has 29 heavy (non-hydrogen) atoms. The lowest BCUT2D eigenvalue weighted by molar-refractivity contribution is -0.142. The zero-order chi connectivity index (χ0) is 21.0. The molecule has 2 amide bonds. The number of ether oxygens (including phenoxy) is 1. The quantitative estimate of drug-likeness (QED) is 0.722. The molecule has 0 saturated carbocycles. The predicted molar refractivity (Wildman–Crippen MR) is 110 cm³/mol. The van der Waals surface area contributed by atoms with Gasteiger partial charge < -0.3 is 20.3 Å². The molecule has 3 rings (SSSR count). The first-order chi connectivity index (χ1) is 13.8. The molecular formula is C21H33N5O3. The molecular weight excluding hydrogens is 370 g/mol. The van der Waals surface area contributed by atoms with Gasteiger partial charge in [-0.05, 0) is 44.9 Å². The van der Waals surface area contributed by atoms with E-state index in [0.717, 1.165) is 68.8 Å². The first kappa shape index (κ1) is 21.5. The molecule has 8 heteroatoms. The van der Waals surface area contributed by atoms with Crippen LogP contribution < -0.4 is 5.73 Å². The van der Waals surface area contributed by atoms with E-state index in [1.54, 1.807) is 7.11 Å². The van der Waals surface area contributed by atoms with E-state index in [4.69, 9.17) is 10.5 Å². The molecule has 0 aromatic carbocycles. The third-order valence-corrected chi connectivity index (χ3v) is 6.47. The monoisotopic (exact) mass is 403 g/mol. The number of hydrogen-bond donors (Lipinski definition) is 1. The van der Waals surface area contributed by atoms with Crippen LogP contribution in [0.25, 0.3) is 0 Å². The van der Waals surface area contributed by atoms with Crippen molar-refractivity contribution in [3.63, 3.8) is 0 Å². The van der Waals surface area contributed by atoms with E-state index in [0.29, 0.717) is 19.4 Å². The molecule has 3 heterocycles. The van der Waals surface area contributed by atoms with Gasteiger partial charge in [-0.1, -0.05) is 0 Å². The summed E-state index contributed by atoms with van der Waals surface area (Å²) >= 11 is 0. The molecule has 1 aromatic heterocycles. The number of hydrogen-bond acceptors (Lipinski definition) is 6. The topological polar surface area (TPSA) is 102 Å². The van der Waals surface area contributed by atoms with Gasteiger partial charge >= 0.3 is 0 Å². The van der Waals surface area contributed by atoms with E-state index in [1.165, 1.54) is 0 Å². The van der Waals surface area contributed by atoms with Gasteiger partial charge in [-0.3, -0.25) is 9.59 Å². The molecule has 0 radical (unpaired) electrons. The van der Waals surface area contributed by atoms with Crippen LogP contribution in [-0.4, -0.2) is 71.5 Å². The van der Waals surface area contributed by atoms with E-state index < -0.39 is 0 Å². The molecule has 2 N–H and O–H groups in total.